The highest BCUT2D eigenvalue weighted by molar-refractivity contribution is 7.91. The number of fused-ring (bicyclic) bond motifs is 2. The summed E-state index contributed by atoms with van der Waals surface area (Å²) in [5.41, 5.74) is 0.0764. The summed E-state index contributed by atoms with van der Waals surface area (Å²) < 4.78 is 43.8. The Morgan fingerprint density at radius 3 is 2.26 bits per heavy atom. The zero-order chi connectivity index (χ0) is 19.2. The highest BCUT2D eigenvalue weighted by atomic mass is 32.2. The average molecular weight is 382 g/mol. The van der Waals surface area contributed by atoms with Crippen LogP contribution in [0.3, 0.4) is 0 Å². The Hall–Kier alpha value is -3.32. The Morgan fingerprint density at radius 1 is 0.852 bits per heavy atom. The van der Waals surface area contributed by atoms with Gasteiger partial charge in [-0.1, -0.05) is 12.1 Å². The van der Waals surface area contributed by atoms with Gasteiger partial charge in [-0.15, -0.1) is 0 Å². The molecule has 134 valence electrons. The van der Waals surface area contributed by atoms with Gasteiger partial charge in [0.05, 0.1) is 15.4 Å². The van der Waals surface area contributed by atoms with E-state index in [9.17, 15) is 22.4 Å². The number of hydrogen-bond donors (Lipinski definition) is 0. The SMILES string of the molecule is O=C(Oc1ccc(F)cc1)c1ccc2c(c1)S(=O)(=O)c1ccccc1C2=O. The number of benzene rings is 3. The van der Waals surface area contributed by atoms with Crippen LogP contribution in [0.4, 0.5) is 4.39 Å². The first-order valence-electron chi connectivity index (χ1n) is 7.88. The Kier molecular flexibility index (Phi) is 3.89. The molecule has 0 fully saturated rings. The fraction of sp³-hybridized carbons (Fsp3) is 0. The number of sulfone groups is 1. The normalized spacial score (nSPS) is 14.2. The van der Waals surface area contributed by atoms with Gasteiger partial charge in [0.1, 0.15) is 11.6 Å². The first-order chi connectivity index (χ1) is 12.9. The topological polar surface area (TPSA) is 77.5 Å². The number of carbonyl (C=O) groups is 2. The molecule has 3 aromatic carbocycles. The zero-order valence-electron chi connectivity index (χ0n) is 13.7. The van der Waals surface area contributed by atoms with Crippen LogP contribution in [0.5, 0.6) is 5.75 Å². The maximum absolute atomic E-state index is 12.9. The van der Waals surface area contributed by atoms with Crippen molar-refractivity contribution in [3.8, 4) is 5.75 Å². The van der Waals surface area contributed by atoms with Crippen LogP contribution in [-0.4, -0.2) is 20.2 Å². The lowest BCUT2D eigenvalue weighted by atomic mass is 10.0. The summed E-state index contributed by atoms with van der Waals surface area (Å²) in [7, 11) is -3.95. The van der Waals surface area contributed by atoms with Gasteiger partial charge in [-0.2, -0.15) is 0 Å². The largest absolute Gasteiger partial charge is 0.423 e. The number of halogens is 1. The molecule has 1 aliphatic heterocycles. The minimum atomic E-state index is -3.95. The maximum atomic E-state index is 12.9. The lowest BCUT2D eigenvalue weighted by molar-refractivity contribution is 0.0733. The number of esters is 1. The molecule has 0 unspecified atom stereocenters. The molecule has 0 bridgehead atoms. The number of ketones is 1. The van der Waals surface area contributed by atoms with E-state index >= 15 is 0 Å². The van der Waals surface area contributed by atoms with Gasteiger partial charge in [0.25, 0.3) is 0 Å². The molecule has 0 amide bonds. The van der Waals surface area contributed by atoms with Crippen LogP contribution in [-0.2, 0) is 9.84 Å². The van der Waals surface area contributed by atoms with Crippen molar-refractivity contribution in [2.45, 2.75) is 9.79 Å². The number of carbonyl (C=O) groups excluding carboxylic acids is 2. The standard InChI is InChI=1S/C20H11FO5S/c21-13-6-8-14(9-7-13)26-20(23)12-5-10-16-18(11-12)27(24,25)17-4-2-1-3-15(17)19(16)22/h1-11H. The van der Waals surface area contributed by atoms with Crippen LogP contribution in [0.1, 0.15) is 26.3 Å². The van der Waals surface area contributed by atoms with Crippen molar-refractivity contribution in [1.29, 1.82) is 0 Å². The van der Waals surface area contributed by atoms with Crippen molar-refractivity contribution in [3.63, 3.8) is 0 Å². The molecule has 0 saturated heterocycles. The average Bonchev–Trinajstić information content (AvgIpc) is 2.68. The van der Waals surface area contributed by atoms with Gasteiger partial charge in [0.15, 0.2) is 5.78 Å². The predicted octanol–water partition coefficient (Wildman–Crippen LogP) is 3.42. The Labute approximate surface area is 153 Å². The Bertz CT molecular complexity index is 1200. The molecule has 27 heavy (non-hydrogen) atoms. The van der Waals surface area contributed by atoms with Gasteiger partial charge in [-0.3, -0.25) is 4.79 Å². The molecule has 7 heteroatoms. The van der Waals surface area contributed by atoms with Crippen LogP contribution in [0, 0.1) is 5.82 Å². The number of ether oxygens (including phenoxy) is 1. The third-order valence-corrected chi connectivity index (χ3v) is 6.05. The van der Waals surface area contributed by atoms with E-state index in [0.717, 1.165) is 18.2 Å². The molecule has 0 aliphatic carbocycles. The second-order valence-corrected chi connectivity index (χ2v) is 7.77. The third-order valence-electron chi connectivity index (χ3n) is 4.20. The van der Waals surface area contributed by atoms with E-state index < -0.39 is 27.4 Å². The van der Waals surface area contributed by atoms with E-state index in [2.05, 4.69) is 0 Å². The van der Waals surface area contributed by atoms with Gasteiger partial charge in [0, 0.05) is 11.1 Å². The van der Waals surface area contributed by atoms with E-state index in [4.69, 9.17) is 4.74 Å². The van der Waals surface area contributed by atoms with E-state index in [1.807, 2.05) is 0 Å². The molecule has 4 rings (SSSR count). The van der Waals surface area contributed by atoms with Crippen molar-refractivity contribution >= 4 is 21.6 Å². The van der Waals surface area contributed by atoms with Crippen molar-refractivity contribution < 1.29 is 27.1 Å². The number of rotatable bonds is 2. The first-order valence-corrected chi connectivity index (χ1v) is 9.37. The van der Waals surface area contributed by atoms with Crippen molar-refractivity contribution in [3.05, 3.63) is 89.2 Å². The van der Waals surface area contributed by atoms with Crippen molar-refractivity contribution in [2.75, 3.05) is 0 Å². The van der Waals surface area contributed by atoms with Gasteiger partial charge >= 0.3 is 5.97 Å². The number of hydrogen-bond acceptors (Lipinski definition) is 5. The van der Waals surface area contributed by atoms with Crippen LogP contribution >= 0.6 is 0 Å². The molecule has 0 aromatic heterocycles. The van der Waals surface area contributed by atoms with Gasteiger partial charge < -0.3 is 4.74 Å². The van der Waals surface area contributed by atoms with E-state index in [1.165, 1.54) is 42.5 Å². The minimum absolute atomic E-state index is 0.00651. The predicted molar refractivity (Wildman–Crippen MR) is 93.1 cm³/mol. The fourth-order valence-electron chi connectivity index (χ4n) is 2.88. The molecule has 0 N–H and O–H groups in total. The molecule has 0 spiro atoms. The summed E-state index contributed by atoms with van der Waals surface area (Å²) in [6.45, 7) is 0. The van der Waals surface area contributed by atoms with E-state index in [0.29, 0.717) is 0 Å². The van der Waals surface area contributed by atoms with Crippen molar-refractivity contribution in [1.82, 2.24) is 0 Å². The Balaban J connectivity index is 1.75. The molecule has 5 nitrogen and oxygen atoms in total. The van der Waals surface area contributed by atoms with Crippen LogP contribution in [0.2, 0.25) is 0 Å². The minimum Gasteiger partial charge on any atom is -0.423 e. The first kappa shape index (κ1) is 17.1. The summed E-state index contributed by atoms with van der Waals surface area (Å²) in [5.74, 6) is -1.60. The second-order valence-electron chi connectivity index (χ2n) is 5.88. The summed E-state index contributed by atoms with van der Waals surface area (Å²) in [6, 6.07) is 14.5. The van der Waals surface area contributed by atoms with Crippen molar-refractivity contribution in [2.24, 2.45) is 0 Å². The second kappa shape index (κ2) is 6.14. The molecular formula is C20H11FO5S. The van der Waals surface area contributed by atoms with Gasteiger partial charge in [-0.25, -0.2) is 17.6 Å². The lowest BCUT2D eigenvalue weighted by Crippen LogP contribution is -2.21. The molecule has 1 heterocycles. The Morgan fingerprint density at radius 2 is 1.52 bits per heavy atom. The quantitative estimate of drug-likeness (QED) is 0.392. The third kappa shape index (κ3) is 2.82. The summed E-state index contributed by atoms with van der Waals surface area (Å²) in [4.78, 5) is 24.6. The molecule has 0 atom stereocenters. The lowest BCUT2D eigenvalue weighted by Gasteiger charge is -2.19. The highest BCUT2D eigenvalue weighted by Gasteiger charge is 2.35. The molecule has 1 aliphatic rings. The monoisotopic (exact) mass is 382 g/mol. The molecule has 0 radical (unpaired) electrons. The molecule has 0 saturated carbocycles. The maximum Gasteiger partial charge on any atom is 0.343 e. The van der Waals surface area contributed by atoms with E-state index in [-0.39, 0.29) is 32.2 Å². The smallest absolute Gasteiger partial charge is 0.343 e. The van der Waals surface area contributed by atoms with Crippen LogP contribution in [0.15, 0.2) is 76.5 Å². The molecular weight excluding hydrogens is 371 g/mol. The summed E-state index contributed by atoms with van der Waals surface area (Å²) in [5, 5.41) is 0. The summed E-state index contributed by atoms with van der Waals surface area (Å²) >= 11 is 0. The van der Waals surface area contributed by atoms with Gasteiger partial charge in [-0.05, 0) is 54.6 Å². The zero-order valence-corrected chi connectivity index (χ0v) is 14.5. The van der Waals surface area contributed by atoms with Crippen LogP contribution in [0.25, 0.3) is 0 Å². The summed E-state index contributed by atoms with van der Waals surface area (Å²) in [6.07, 6.45) is 0. The van der Waals surface area contributed by atoms with E-state index in [1.54, 1.807) is 6.07 Å². The molecule has 3 aromatic rings. The highest BCUT2D eigenvalue weighted by Crippen LogP contribution is 2.34. The van der Waals surface area contributed by atoms with Crippen LogP contribution < -0.4 is 4.74 Å². The fourth-order valence-corrected chi connectivity index (χ4v) is 4.56. The van der Waals surface area contributed by atoms with Gasteiger partial charge in [0.2, 0.25) is 9.84 Å².